The Morgan fingerprint density at radius 2 is 1.46 bits per heavy atom. The number of methoxy groups -OCH3 is 1. The third-order valence-electron chi connectivity index (χ3n) is 3.16. The van der Waals surface area contributed by atoms with Crippen LogP contribution in [0.5, 0.6) is 5.75 Å². The number of halogens is 4. The Hall–Kier alpha value is -2.25. The smallest absolute Gasteiger partial charge is 0.465 e. The van der Waals surface area contributed by atoms with Gasteiger partial charge in [0.05, 0.1) is 18.7 Å². The maximum atomic E-state index is 12.1. The normalized spacial score (nSPS) is 12.0. The molecule has 0 aliphatic carbocycles. The van der Waals surface area contributed by atoms with Gasteiger partial charge in [0, 0.05) is 0 Å². The van der Waals surface area contributed by atoms with E-state index >= 15 is 0 Å². The molecule has 0 radical (unpaired) electrons. The Morgan fingerprint density at radius 3 is 1.88 bits per heavy atom. The van der Waals surface area contributed by atoms with E-state index in [1.165, 1.54) is 31.4 Å². The Balaban J connectivity index is 0.00000288. The molecule has 2 N–H and O–H groups in total. The predicted octanol–water partition coefficient (Wildman–Crippen LogP) is 3.84. The zero-order chi connectivity index (χ0) is 17.0. The molecule has 0 saturated heterocycles. The summed E-state index contributed by atoms with van der Waals surface area (Å²) in [6.45, 7) is 0. The fraction of sp³-hybridized carbons (Fsp3) is 0.188. The van der Waals surface area contributed by atoms with Gasteiger partial charge < -0.3 is 15.2 Å². The van der Waals surface area contributed by atoms with Crippen molar-refractivity contribution < 1.29 is 27.4 Å². The highest BCUT2D eigenvalue weighted by molar-refractivity contribution is 5.89. The van der Waals surface area contributed by atoms with Gasteiger partial charge in [0.25, 0.3) is 0 Å². The van der Waals surface area contributed by atoms with E-state index in [4.69, 9.17) is 5.73 Å². The van der Waals surface area contributed by atoms with Crippen LogP contribution in [0.3, 0.4) is 0 Å². The second-order valence-corrected chi connectivity index (χ2v) is 4.71. The number of carbonyl (C=O) groups is 1. The van der Waals surface area contributed by atoms with Crippen LogP contribution in [0.1, 0.15) is 27.5 Å². The molecular weight excluding hydrogens is 347 g/mol. The van der Waals surface area contributed by atoms with Crippen LogP contribution < -0.4 is 10.5 Å². The van der Waals surface area contributed by atoms with Gasteiger partial charge >= 0.3 is 12.3 Å². The van der Waals surface area contributed by atoms with Crippen LogP contribution >= 0.6 is 12.4 Å². The van der Waals surface area contributed by atoms with Crippen LogP contribution in [0.2, 0.25) is 0 Å². The summed E-state index contributed by atoms with van der Waals surface area (Å²) in [6, 6.07) is 11.2. The maximum absolute atomic E-state index is 12.1. The summed E-state index contributed by atoms with van der Waals surface area (Å²) in [5, 5.41) is 0. The van der Waals surface area contributed by atoms with Crippen molar-refractivity contribution in [2.24, 2.45) is 5.73 Å². The summed E-state index contributed by atoms with van der Waals surface area (Å²) in [5.41, 5.74) is 7.79. The van der Waals surface area contributed by atoms with Gasteiger partial charge in [-0.2, -0.15) is 0 Å². The zero-order valence-electron chi connectivity index (χ0n) is 12.5. The Labute approximate surface area is 142 Å². The van der Waals surface area contributed by atoms with Crippen molar-refractivity contribution in [3.8, 4) is 5.75 Å². The molecule has 0 aliphatic rings. The summed E-state index contributed by atoms with van der Waals surface area (Å²) in [4.78, 5) is 11.4. The SMILES string of the molecule is COC(=O)c1ccc([C@H](N)c2ccc(OC(F)(F)F)cc2)cc1.Cl. The standard InChI is InChI=1S/C16H14F3NO3.ClH/c1-22-15(21)12-4-2-10(3-5-12)14(20)11-6-8-13(9-7-11)23-16(17,18)19;/h2-9,14H,20H2,1H3;1H/t14-;/m0./s1. The van der Waals surface area contributed by atoms with E-state index < -0.39 is 18.4 Å². The molecule has 0 heterocycles. The highest BCUT2D eigenvalue weighted by Crippen LogP contribution is 2.26. The number of rotatable bonds is 4. The first kappa shape index (κ1) is 19.8. The van der Waals surface area contributed by atoms with Gasteiger partial charge in [0.1, 0.15) is 5.75 Å². The fourth-order valence-corrected chi connectivity index (χ4v) is 2.01. The maximum Gasteiger partial charge on any atom is 0.573 e. The molecule has 0 aliphatic heterocycles. The molecule has 1 atom stereocenters. The lowest BCUT2D eigenvalue weighted by Crippen LogP contribution is -2.17. The third kappa shape index (κ3) is 5.14. The number of benzene rings is 2. The van der Waals surface area contributed by atoms with Crippen LogP contribution in [0, 0.1) is 0 Å². The van der Waals surface area contributed by atoms with Gasteiger partial charge in [0.15, 0.2) is 0 Å². The molecule has 2 rings (SSSR count). The molecule has 130 valence electrons. The monoisotopic (exact) mass is 361 g/mol. The van der Waals surface area contributed by atoms with Gasteiger partial charge in [-0.3, -0.25) is 0 Å². The van der Waals surface area contributed by atoms with Gasteiger partial charge in [-0.15, -0.1) is 25.6 Å². The van der Waals surface area contributed by atoms with E-state index in [0.29, 0.717) is 16.7 Å². The minimum Gasteiger partial charge on any atom is -0.465 e. The van der Waals surface area contributed by atoms with Gasteiger partial charge in [-0.1, -0.05) is 24.3 Å². The molecule has 0 spiro atoms. The van der Waals surface area contributed by atoms with E-state index in [9.17, 15) is 18.0 Å². The molecule has 4 nitrogen and oxygen atoms in total. The minimum atomic E-state index is -4.73. The molecule has 0 fully saturated rings. The molecule has 0 aromatic heterocycles. The van der Waals surface area contributed by atoms with E-state index in [-0.39, 0.29) is 18.2 Å². The molecule has 0 amide bonds. The number of carbonyl (C=O) groups excluding carboxylic acids is 1. The first-order chi connectivity index (χ1) is 10.8. The highest BCUT2D eigenvalue weighted by atomic mass is 35.5. The lowest BCUT2D eigenvalue weighted by atomic mass is 9.98. The van der Waals surface area contributed by atoms with Gasteiger partial charge in [-0.05, 0) is 35.4 Å². The van der Waals surface area contributed by atoms with Crippen LogP contribution in [0.4, 0.5) is 13.2 Å². The first-order valence-corrected chi connectivity index (χ1v) is 6.60. The third-order valence-corrected chi connectivity index (χ3v) is 3.16. The largest absolute Gasteiger partial charge is 0.573 e. The minimum absolute atomic E-state index is 0. The van der Waals surface area contributed by atoms with Crippen molar-refractivity contribution >= 4 is 18.4 Å². The summed E-state index contributed by atoms with van der Waals surface area (Å²) in [7, 11) is 1.28. The Kier molecular flexibility index (Phi) is 6.62. The number of ether oxygens (including phenoxy) is 2. The average Bonchev–Trinajstić information content (AvgIpc) is 2.53. The Morgan fingerprint density at radius 1 is 1.00 bits per heavy atom. The molecule has 0 bridgehead atoms. The lowest BCUT2D eigenvalue weighted by Gasteiger charge is -2.14. The van der Waals surface area contributed by atoms with E-state index in [1.807, 2.05) is 0 Å². The van der Waals surface area contributed by atoms with Crippen molar-refractivity contribution in [2.75, 3.05) is 7.11 Å². The van der Waals surface area contributed by atoms with Gasteiger partial charge in [-0.25, -0.2) is 4.79 Å². The number of nitrogens with two attached hydrogens (primary N) is 1. The molecule has 2 aromatic carbocycles. The quantitative estimate of drug-likeness (QED) is 0.840. The van der Waals surface area contributed by atoms with Crippen molar-refractivity contribution in [1.29, 1.82) is 0 Å². The molecule has 0 saturated carbocycles. The Bertz CT molecular complexity index is 672. The summed E-state index contributed by atoms with van der Waals surface area (Å²) in [5.74, 6) is -0.770. The number of hydrogen-bond acceptors (Lipinski definition) is 4. The topological polar surface area (TPSA) is 61.5 Å². The van der Waals surface area contributed by atoms with Crippen molar-refractivity contribution in [1.82, 2.24) is 0 Å². The summed E-state index contributed by atoms with van der Waals surface area (Å²) < 4.78 is 44.7. The molecule has 8 heteroatoms. The van der Waals surface area contributed by atoms with E-state index in [0.717, 1.165) is 0 Å². The number of esters is 1. The van der Waals surface area contributed by atoms with Crippen molar-refractivity contribution in [2.45, 2.75) is 12.4 Å². The van der Waals surface area contributed by atoms with Crippen molar-refractivity contribution in [3.05, 3.63) is 65.2 Å². The highest BCUT2D eigenvalue weighted by Gasteiger charge is 2.31. The van der Waals surface area contributed by atoms with E-state index in [1.54, 1.807) is 24.3 Å². The van der Waals surface area contributed by atoms with Crippen molar-refractivity contribution in [3.63, 3.8) is 0 Å². The zero-order valence-corrected chi connectivity index (χ0v) is 13.4. The van der Waals surface area contributed by atoms with E-state index in [2.05, 4.69) is 9.47 Å². The van der Waals surface area contributed by atoms with Crippen LogP contribution in [0.25, 0.3) is 0 Å². The second kappa shape index (κ2) is 8.03. The molecule has 0 unspecified atom stereocenters. The van der Waals surface area contributed by atoms with Crippen LogP contribution in [0.15, 0.2) is 48.5 Å². The fourth-order valence-electron chi connectivity index (χ4n) is 2.01. The second-order valence-electron chi connectivity index (χ2n) is 4.71. The molecule has 24 heavy (non-hydrogen) atoms. The van der Waals surface area contributed by atoms with Gasteiger partial charge in [0.2, 0.25) is 0 Å². The number of hydrogen-bond donors (Lipinski definition) is 1. The lowest BCUT2D eigenvalue weighted by molar-refractivity contribution is -0.274. The predicted molar refractivity (Wildman–Crippen MR) is 84.2 cm³/mol. The summed E-state index contributed by atoms with van der Waals surface area (Å²) in [6.07, 6.45) is -4.73. The van der Waals surface area contributed by atoms with Crippen LogP contribution in [-0.2, 0) is 4.74 Å². The first-order valence-electron chi connectivity index (χ1n) is 6.60. The molecular formula is C16H15ClF3NO3. The summed E-state index contributed by atoms with van der Waals surface area (Å²) >= 11 is 0. The average molecular weight is 362 g/mol. The van der Waals surface area contributed by atoms with Crippen LogP contribution in [-0.4, -0.2) is 19.4 Å². The molecule has 2 aromatic rings. The number of alkyl halides is 3.